The molecule has 0 radical (unpaired) electrons. The Balaban J connectivity index is 1.52. The number of rotatable bonds is 4. The van der Waals surface area contributed by atoms with E-state index in [-0.39, 0.29) is 11.9 Å². The maximum Gasteiger partial charge on any atom is 0.243 e. The van der Waals surface area contributed by atoms with Crippen LogP contribution >= 0.6 is 0 Å². The molecule has 2 heterocycles. The van der Waals surface area contributed by atoms with Gasteiger partial charge in [-0.15, -0.1) is 0 Å². The highest BCUT2D eigenvalue weighted by molar-refractivity contribution is 5.78. The summed E-state index contributed by atoms with van der Waals surface area (Å²) in [7, 11) is 0. The van der Waals surface area contributed by atoms with Crippen LogP contribution in [0.5, 0.6) is 0 Å². The molecule has 0 aliphatic carbocycles. The highest BCUT2D eigenvalue weighted by atomic mass is 16.5. The molecule has 1 aliphatic rings. The van der Waals surface area contributed by atoms with Crippen LogP contribution in [-0.4, -0.2) is 52.0 Å². The van der Waals surface area contributed by atoms with Crippen molar-refractivity contribution < 1.29 is 9.32 Å². The van der Waals surface area contributed by atoms with Crippen LogP contribution in [0.2, 0.25) is 0 Å². The van der Waals surface area contributed by atoms with E-state index in [2.05, 4.69) is 41.0 Å². The van der Waals surface area contributed by atoms with Crippen molar-refractivity contribution in [1.29, 1.82) is 0 Å². The number of amides is 1. The second-order valence-electron chi connectivity index (χ2n) is 6.43. The second kappa shape index (κ2) is 7.13. The molecule has 3 rings (SSSR count). The van der Waals surface area contributed by atoms with Crippen LogP contribution in [-0.2, 0) is 11.2 Å². The first-order chi connectivity index (χ1) is 11.5. The Morgan fingerprint density at radius 1 is 1.17 bits per heavy atom. The fourth-order valence-electron chi connectivity index (χ4n) is 2.99. The van der Waals surface area contributed by atoms with Crippen LogP contribution in [0.1, 0.15) is 35.8 Å². The van der Waals surface area contributed by atoms with Gasteiger partial charge in [0, 0.05) is 26.2 Å². The molecule has 1 atom stereocenters. The summed E-state index contributed by atoms with van der Waals surface area (Å²) in [6.45, 7) is 9.06. The van der Waals surface area contributed by atoms with Gasteiger partial charge < -0.3 is 9.42 Å². The number of aromatic nitrogens is 2. The average Bonchev–Trinajstić information content (AvgIpc) is 3.03. The number of hydrogen-bond donors (Lipinski definition) is 0. The fraction of sp³-hybridized carbons (Fsp3) is 0.500. The van der Waals surface area contributed by atoms with Gasteiger partial charge in [-0.3, -0.25) is 9.69 Å². The van der Waals surface area contributed by atoms with Crippen molar-refractivity contribution in [3.63, 3.8) is 0 Å². The van der Waals surface area contributed by atoms with Crippen molar-refractivity contribution >= 4 is 5.91 Å². The second-order valence-corrected chi connectivity index (χ2v) is 6.43. The number of benzene rings is 1. The number of nitrogens with zero attached hydrogens (tertiary/aromatic N) is 4. The Labute approximate surface area is 142 Å². The summed E-state index contributed by atoms with van der Waals surface area (Å²) in [5.74, 6) is 1.50. The molecule has 1 aliphatic heterocycles. The predicted octanol–water partition coefficient (Wildman–Crippen LogP) is 2.13. The third-order valence-electron chi connectivity index (χ3n) is 4.59. The predicted molar refractivity (Wildman–Crippen MR) is 90.5 cm³/mol. The zero-order valence-electron chi connectivity index (χ0n) is 14.5. The summed E-state index contributed by atoms with van der Waals surface area (Å²) in [6, 6.07) is 8.25. The molecule has 0 spiro atoms. The molecule has 0 bridgehead atoms. The maximum absolute atomic E-state index is 12.5. The molecule has 1 saturated heterocycles. The minimum atomic E-state index is 0.0838. The zero-order chi connectivity index (χ0) is 17.1. The van der Waals surface area contributed by atoms with E-state index in [1.165, 1.54) is 5.56 Å². The van der Waals surface area contributed by atoms with Gasteiger partial charge >= 0.3 is 0 Å². The molecule has 0 N–H and O–H groups in total. The smallest absolute Gasteiger partial charge is 0.243 e. The van der Waals surface area contributed by atoms with E-state index in [4.69, 9.17) is 4.52 Å². The molecule has 0 saturated carbocycles. The van der Waals surface area contributed by atoms with Gasteiger partial charge in [-0.2, -0.15) is 4.98 Å². The molecule has 6 heteroatoms. The minimum absolute atomic E-state index is 0.0838. The van der Waals surface area contributed by atoms with Crippen LogP contribution in [0, 0.1) is 13.8 Å². The molecule has 2 aromatic rings. The van der Waals surface area contributed by atoms with Gasteiger partial charge in [0.15, 0.2) is 5.82 Å². The monoisotopic (exact) mass is 328 g/mol. The summed E-state index contributed by atoms with van der Waals surface area (Å²) in [5.41, 5.74) is 2.28. The molecule has 24 heavy (non-hydrogen) atoms. The lowest BCUT2D eigenvalue weighted by Gasteiger charge is -2.36. The van der Waals surface area contributed by atoms with E-state index in [1.54, 1.807) is 0 Å². The van der Waals surface area contributed by atoms with Gasteiger partial charge in [0.05, 0.1) is 12.5 Å². The highest BCUT2D eigenvalue weighted by Gasteiger charge is 2.27. The molecule has 0 unspecified atom stereocenters. The zero-order valence-corrected chi connectivity index (χ0v) is 14.5. The van der Waals surface area contributed by atoms with Gasteiger partial charge in [-0.05, 0) is 26.3 Å². The molecule has 1 fully saturated rings. The molecular weight excluding hydrogens is 304 g/mol. The normalized spacial score (nSPS) is 17.0. The molecule has 1 aromatic heterocycles. The van der Waals surface area contributed by atoms with Crippen molar-refractivity contribution in [3.8, 4) is 0 Å². The maximum atomic E-state index is 12.5. The summed E-state index contributed by atoms with van der Waals surface area (Å²) >= 11 is 0. The van der Waals surface area contributed by atoms with Crippen molar-refractivity contribution in [2.75, 3.05) is 26.2 Å². The van der Waals surface area contributed by atoms with Crippen molar-refractivity contribution in [1.82, 2.24) is 19.9 Å². The molecule has 128 valence electrons. The number of piperazine rings is 1. The van der Waals surface area contributed by atoms with Crippen LogP contribution in [0.4, 0.5) is 0 Å². The van der Waals surface area contributed by atoms with Gasteiger partial charge in [0.2, 0.25) is 11.8 Å². The quantitative estimate of drug-likeness (QED) is 0.860. The largest absolute Gasteiger partial charge is 0.340 e. The topological polar surface area (TPSA) is 62.5 Å². The number of carbonyl (C=O) groups excluding carboxylic acids is 1. The van der Waals surface area contributed by atoms with E-state index >= 15 is 0 Å². The van der Waals surface area contributed by atoms with Crippen LogP contribution in [0.3, 0.4) is 0 Å². The lowest BCUT2D eigenvalue weighted by atomic mass is 10.1. The Bertz CT molecular complexity index is 687. The first kappa shape index (κ1) is 16.6. The third kappa shape index (κ3) is 3.82. The van der Waals surface area contributed by atoms with Gasteiger partial charge in [0.1, 0.15) is 0 Å². The van der Waals surface area contributed by atoms with Crippen LogP contribution in [0.25, 0.3) is 0 Å². The van der Waals surface area contributed by atoms with Crippen molar-refractivity contribution in [3.05, 3.63) is 47.1 Å². The van der Waals surface area contributed by atoms with Crippen molar-refractivity contribution in [2.24, 2.45) is 0 Å². The standard InChI is InChI=1S/C18H24N4O2/c1-13-4-6-16(7-5-13)12-17(23)22-10-8-21(9-11-22)14(2)18-19-15(3)20-24-18/h4-7,14H,8-12H2,1-3H3/t14-/m0/s1. The lowest BCUT2D eigenvalue weighted by molar-refractivity contribution is -0.132. The van der Waals surface area contributed by atoms with Crippen molar-refractivity contribution in [2.45, 2.75) is 33.2 Å². The molecule has 6 nitrogen and oxygen atoms in total. The molecule has 1 aromatic carbocycles. The summed E-state index contributed by atoms with van der Waals surface area (Å²) in [4.78, 5) is 21.0. The lowest BCUT2D eigenvalue weighted by Crippen LogP contribution is -2.49. The molecular formula is C18H24N4O2. The van der Waals surface area contributed by atoms with E-state index in [0.717, 1.165) is 31.7 Å². The SMILES string of the molecule is Cc1ccc(CC(=O)N2CCN([C@@H](C)c3nc(C)no3)CC2)cc1. The first-order valence-corrected chi connectivity index (χ1v) is 8.40. The van der Waals surface area contributed by atoms with Crippen LogP contribution in [0.15, 0.2) is 28.8 Å². The third-order valence-corrected chi connectivity index (χ3v) is 4.59. The Hall–Kier alpha value is -2.21. The van der Waals surface area contributed by atoms with E-state index in [0.29, 0.717) is 18.1 Å². The summed E-state index contributed by atoms with van der Waals surface area (Å²) in [5, 5.41) is 3.85. The van der Waals surface area contributed by atoms with E-state index in [1.807, 2.05) is 24.0 Å². The number of hydrogen-bond acceptors (Lipinski definition) is 5. The highest BCUT2D eigenvalue weighted by Crippen LogP contribution is 2.20. The Morgan fingerprint density at radius 2 is 1.83 bits per heavy atom. The minimum Gasteiger partial charge on any atom is -0.340 e. The summed E-state index contributed by atoms with van der Waals surface area (Å²) < 4.78 is 5.26. The number of carbonyl (C=O) groups is 1. The van der Waals surface area contributed by atoms with E-state index in [9.17, 15) is 4.79 Å². The van der Waals surface area contributed by atoms with Crippen LogP contribution < -0.4 is 0 Å². The number of aryl methyl sites for hydroxylation is 2. The fourth-order valence-corrected chi connectivity index (χ4v) is 2.99. The van der Waals surface area contributed by atoms with Gasteiger partial charge in [-0.25, -0.2) is 0 Å². The van der Waals surface area contributed by atoms with Gasteiger partial charge in [-0.1, -0.05) is 35.0 Å². The summed E-state index contributed by atoms with van der Waals surface area (Å²) in [6.07, 6.45) is 0.471. The average molecular weight is 328 g/mol. The Morgan fingerprint density at radius 3 is 2.42 bits per heavy atom. The Kier molecular flexibility index (Phi) is 4.94. The molecule has 1 amide bonds. The first-order valence-electron chi connectivity index (χ1n) is 8.40. The van der Waals surface area contributed by atoms with E-state index < -0.39 is 0 Å². The van der Waals surface area contributed by atoms with Gasteiger partial charge in [0.25, 0.3) is 0 Å².